The molecule has 0 spiro atoms. The molecule has 1 N–H and O–H groups in total. The summed E-state index contributed by atoms with van der Waals surface area (Å²) < 4.78 is 24.5. The van der Waals surface area contributed by atoms with Crippen LogP contribution in [0.15, 0.2) is 48.4 Å². The van der Waals surface area contributed by atoms with E-state index in [1.54, 1.807) is 12.3 Å². The lowest BCUT2D eigenvalue weighted by molar-refractivity contribution is -0.140. The van der Waals surface area contributed by atoms with Gasteiger partial charge in [-0.05, 0) is 44.2 Å². The fraction of sp³-hybridized carbons (Fsp3) is 0.261. The topological polar surface area (TPSA) is 77.5 Å². The number of hydrogen-bond acceptors (Lipinski definition) is 5. The molecular formula is C23H21FN2O4. The SMILES string of the molecule is COC(=O)CCc1ccc(C2=C/C(=C3\C(=O)Nc4ccc(F)cc43)OC2(C)C)cn1. The van der Waals surface area contributed by atoms with E-state index in [0.717, 1.165) is 16.8 Å². The van der Waals surface area contributed by atoms with Crippen molar-refractivity contribution in [1.82, 2.24) is 4.98 Å². The number of esters is 1. The summed E-state index contributed by atoms with van der Waals surface area (Å²) in [4.78, 5) is 28.3. The van der Waals surface area contributed by atoms with E-state index in [1.807, 2.05) is 26.0 Å². The van der Waals surface area contributed by atoms with Crippen molar-refractivity contribution >= 4 is 28.7 Å². The molecule has 0 bridgehead atoms. The van der Waals surface area contributed by atoms with Gasteiger partial charge >= 0.3 is 5.97 Å². The monoisotopic (exact) mass is 408 g/mol. The predicted octanol–water partition coefficient (Wildman–Crippen LogP) is 3.88. The van der Waals surface area contributed by atoms with Gasteiger partial charge in [-0.25, -0.2) is 4.39 Å². The molecule has 0 aliphatic carbocycles. The first-order chi connectivity index (χ1) is 14.3. The van der Waals surface area contributed by atoms with Crippen molar-refractivity contribution in [1.29, 1.82) is 0 Å². The van der Waals surface area contributed by atoms with Gasteiger partial charge in [0.05, 0.1) is 19.1 Å². The first kappa shape index (κ1) is 19.8. The van der Waals surface area contributed by atoms with E-state index >= 15 is 0 Å². The summed E-state index contributed by atoms with van der Waals surface area (Å²) in [7, 11) is 1.36. The second kappa shape index (κ2) is 7.40. The molecule has 1 amide bonds. The third-order valence-electron chi connectivity index (χ3n) is 5.21. The number of allylic oxidation sites excluding steroid dienone is 1. The number of aryl methyl sites for hydroxylation is 1. The normalized spacial score (nSPS) is 19.1. The average molecular weight is 408 g/mol. The Balaban J connectivity index is 1.67. The molecule has 0 saturated heterocycles. The minimum atomic E-state index is -0.700. The van der Waals surface area contributed by atoms with Crippen molar-refractivity contribution in [3.8, 4) is 0 Å². The van der Waals surface area contributed by atoms with Gasteiger partial charge in [-0.2, -0.15) is 0 Å². The van der Waals surface area contributed by atoms with Crippen LogP contribution in [0, 0.1) is 5.82 Å². The second-order valence-corrected chi connectivity index (χ2v) is 7.67. The molecule has 1 aromatic carbocycles. The number of ether oxygens (including phenoxy) is 2. The molecule has 0 atom stereocenters. The summed E-state index contributed by atoms with van der Waals surface area (Å²) in [6, 6.07) is 7.94. The zero-order valence-electron chi connectivity index (χ0n) is 16.9. The molecule has 30 heavy (non-hydrogen) atoms. The van der Waals surface area contributed by atoms with Gasteiger partial charge in [0.2, 0.25) is 0 Å². The number of benzene rings is 1. The van der Waals surface area contributed by atoms with Crippen molar-refractivity contribution in [3.05, 3.63) is 71.0 Å². The van der Waals surface area contributed by atoms with Crippen molar-refractivity contribution in [2.75, 3.05) is 12.4 Å². The smallest absolute Gasteiger partial charge is 0.305 e. The van der Waals surface area contributed by atoms with Crippen LogP contribution in [0.4, 0.5) is 10.1 Å². The van der Waals surface area contributed by atoms with Gasteiger partial charge in [0.1, 0.15) is 17.2 Å². The Labute approximate surface area is 173 Å². The van der Waals surface area contributed by atoms with Crippen molar-refractivity contribution < 1.29 is 23.5 Å². The van der Waals surface area contributed by atoms with Gasteiger partial charge in [-0.15, -0.1) is 0 Å². The highest BCUT2D eigenvalue weighted by molar-refractivity contribution is 6.32. The van der Waals surface area contributed by atoms with Gasteiger partial charge < -0.3 is 14.8 Å². The molecule has 2 aromatic rings. The number of aromatic nitrogens is 1. The van der Waals surface area contributed by atoms with Crippen LogP contribution in [0.3, 0.4) is 0 Å². The number of amides is 1. The number of carbonyl (C=O) groups excluding carboxylic acids is 2. The zero-order chi connectivity index (χ0) is 21.5. The number of methoxy groups -OCH3 is 1. The Kier molecular flexibility index (Phi) is 4.89. The Hall–Kier alpha value is -3.48. The molecule has 1 aromatic heterocycles. The minimum absolute atomic E-state index is 0.265. The Bertz CT molecular complexity index is 1100. The molecule has 2 aliphatic heterocycles. The molecule has 6 nitrogen and oxygen atoms in total. The summed E-state index contributed by atoms with van der Waals surface area (Å²) in [5.74, 6) is -0.630. The molecule has 2 aliphatic rings. The lowest BCUT2D eigenvalue weighted by Crippen LogP contribution is -2.21. The third-order valence-corrected chi connectivity index (χ3v) is 5.21. The highest BCUT2D eigenvalue weighted by Gasteiger charge is 2.38. The average Bonchev–Trinajstić information content (AvgIpc) is 3.20. The van der Waals surface area contributed by atoms with Crippen LogP contribution in [-0.2, 0) is 25.5 Å². The fourth-order valence-electron chi connectivity index (χ4n) is 3.67. The largest absolute Gasteiger partial charge is 0.482 e. The first-order valence-electron chi connectivity index (χ1n) is 9.57. The molecular weight excluding hydrogens is 387 g/mol. The van der Waals surface area contributed by atoms with E-state index in [9.17, 15) is 14.0 Å². The first-order valence-corrected chi connectivity index (χ1v) is 9.57. The fourth-order valence-corrected chi connectivity index (χ4v) is 3.67. The van der Waals surface area contributed by atoms with E-state index in [1.165, 1.54) is 25.3 Å². The van der Waals surface area contributed by atoms with Crippen LogP contribution in [0.1, 0.15) is 37.1 Å². The maximum atomic E-state index is 13.8. The van der Waals surface area contributed by atoms with Crippen LogP contribution in [0.25, 0.3) is 11.1 Å². The van der Waals surface area contributed by atoms with Crippen LogP contribution < -0.4 is 5.32 Å². The summed E-state index contributed by atoms with van der Waals surface area (Å²) in [5.41, 5.74) is 3.14. The number of fused-ring (bicyclic) bond motifs is 1. The van der Waals surface area contributed by atoms with E-state index in [-0.39, 0.29) is 18.3 Å². The third kappa shape index (κ3) is 3.58. The standard InChI is InChI=1S/C23H21FN2O4/c1-23(2)17(13-4-6-15(25-12-13)7-9-20(27)29-3)11-19(30-23)21-16-10-14(24)5-8-18(16)26-22(21)28/h4-6,8,10-12H,7,9H2,1-3H3,(H,26,28)/b21-19+. The van der Waals surface area contributed by atoms with Gasteiger partial charge in [0, 0.05) is 40.7 Å². The molecule has 0 unspecified atom stereocenters. The van der Waals surface area contributed by atoms with Crippen molar-refractivity contribution in [3.63, 3.8) is 0 Å². The molecule has 0 saturated carbocycles. The number of nitrogens with zero attached hydrogens (tertiary/aromatic N) is 1. The summed E-state index contributed by atoms with van der Waals surface area (Å²) in [6.45, 7) is 3.80. The Morgan fingerprint density at radius 3 is 2.77 bits per heavy atom. The highest BCUT2D eigenvalue weighted by atomic mass is 19.1. The molecule has 4 rings (SSSR count). The van der Waals surface area contributed by atoms with E-state index in [0.29, 0.717) is 29.0 Å². The van der Waals surface area contributed by atoms with Crippen LogP contribution in [-0.4, -0.2) is 29.6 Å². The number of carbonyl (C=O) groups is 2. The number of pyridine rings is 1. The van der Waals surface area contributed by atoms with Gasteiger partial charge in [0.15, 0.2) is 0 Å². The highest BCUT2D eigenvalue weighted by Crippen LogP contribution is 2.44. The van der Waals surface area contributed by atoms with Gasteiger partial charge in [-0.3, -0.25) is 14.6 Å². The molecule has 3 heterocycles. The molecule has 0 fully saturated rings. The Morgan fingerprint density at radius 1 is 1.27 bits per heavy atom. The number of halogens is 1. The van der Waals surface area contributed by atoms with Gasteiger partial charge in [-0.1, -0.05) is 6.07 Å². The lowest BCUT2D eigenvalue weighted by Gasteiger charge is -2.23. The molecule has 0 radical (unpaired) electrons. The summed E-state index contributed by atoms with van der Waals surface area (Å²) in [6.07, 6.45) is 4.28. The number of nitrogens with one attached hydrogen (secondary N) is 1. The van der Waals surface area contributed by atoms with Gasteiger partial charge in [0.25, 0.3) is 5.91 Å². The van der Waals surface area contributed by atoms with E-state index in [4.69, 9.17) is 4.74 Å². The van der Waals surface area contributed by atoms with Crippen LogP contribution >= 0.6 is 0 Å². The quantitative estimate of drug-likeness (QED) is 0.614. The Morgan fingerprint density at radius 2 is 2.07 bits per heavy atom. The second-order valence-electron chi connectivity index (χ2n) is 7.67. The van der Waals surface area contributed by atoms with Crippen molar-refractivity contribution in [2.24, 2.45) is 0 Å². The van der Waals surface area contributed by atoms with Crippen LogP contribution in [0.2, 0.25) is 0 Å². The maximum absolute atomic E-state index is 13.8. The molecule has 154 valence electrons. The predicted molar refractivity (Wildman–Crippen MR) is 110 cm³/mol. The zero-order valence-corrected chi connectivity index (χ0v) is 16.9. The minimum Gasteiger partial charge on any atom is -0.482 e. The number of hydrogen-bond donors (Lipinski definition) is 1. The maximum Gasteiger partial charge on any atom is 0.305 e. The number of anilines is 1. The lowest BCUT2D eigenvalue weighted by atomic mass is 9.93. The molecule has 7 heteroatoms. The summed E-state index contributed by atoms with van der Waals surface area (Å²) in [5, 5.41) is 2.75. The van der Waals surface area contributed by atoms with Crippen molar-refractivity contribution in [2.45, 2.75) is 32.3 Å². The number of rotatable bonds is 4. The van der Waals surface area contributed by atoms with Crippen LogP contribution in [0.5, 0.6) is 0 Å². The van der Waals surface area contributed by atoms with E-state index < -0.39 is 11.4 Å². The summed E-state index contributed by atoms with van der Waals surface area (Å²) >= 11 is 0. The van der Waals surface area contributed by atoms with E-state index in [2.05, 4.69) is 15.0 Å².